The van der Waals surface area contributed by atoms with E-state index >= 15 is 0 Å². The van der Waals surface area contributed by atoms with Crippen molar-refractivity contribution in [2.24, 2.45) is 5.92 Å². The quantitative estimate of drug-likeness (QED) is 0.906. The molecule has 1 amide bonds. The number of carbonyl (C=O) groups is 1. The first kappa shape index (κ1) is 12.3. The van der Waals surface area contributed by atoms with Crippen molar-refractivity contribution in [1.82, 2.24) is 14.9 Å². The smallest absolute Gasteiger partial charge is 0.264 e. The third-order valence-electron chi connectivity index (χ3n) is 2.88. The van der Waals surface area contributed by atoms with Crippen LogP contribution in [0.1, 0.15) is 35.4 Å². The normalized spacial score (nSPS) is 23.3. The molecule has 0 aliphatic heterocycles. The fourth-order valence-electron chi connectivity index (χ4n) is 2.04. The van der Waals surface area contributed by atoms with Crippen molar-refractivity contribution in [1.29, 1.82) is 0 Å². The number of aromatic nitrogens is 2. The third kappa shape index (κ3) is 3.42. The van der Waals surface area contributed by atoms with Crippen LogP contribution in [-0.2, 0) is 0 Å². The van der Waals surface area contributed by atoms with Crippen LogP contribution in [0, 0.1) is 5.92 Å². The van der Waals surface area contributed by atoms with Gasteiger partial charge in [0, 0.05) is 19.4 Å². The Hall–Kier alpha value is -1.11. The van der Waals surface area contributed by atoms with Gasteiger partial charge < -0.3 is 5.32 Å². The molecule has 94 valence electrons. The summed E-state index contributed by atoms with van der Waals surface area (Å²) < 4.78 is 29.8. The summed E-state index contributed by atoms with van der Waals surface area (Å²) in [5, 5.41) is 6.20. The molecular formula is C10H13F2N3OS. The lowest BCUT2D eigenvalue weighted by atomic mass is 9.86. The molecule has 1 atom stereocenters. The molecule has 2 rings (SSSR count). The number of halogens is 2. The zero-order valence-corrected chi connectivity index (χ0v) is 9.97. The van der Waals surface area contributed by atoms with E-state index in [1.165, 1.54) is 6.20 Å². The molecule has 1 fully saturated rings. The van der Waals surface area contributed by atoms with Gasteiger partial charge in [0.15, 0.2) is 0 Å². The molecule has 0 radical (unpaired) electrons. The summed E-state index contributed by atoms with van der Waals surface area (Å²) in [7, 11) is 0. The number of carbonyl (C=O) groups excluding carboxylic acids is 1. The SMILES string of the molecule is O=C(NCC1CCCC(F)(F)C1)c1cnns1. The predicted octanol–water partition coefficient (Wildman–Crippen LogP) is 2.09. The van der Waals surface area contributed by atoms with E-state index in [0.29, 0.717) is 17.8 Å². The zero-order chi connectivity index (χ0) is 12.3. The van der Waals surface area contributed by atoms with Gasteiger partial charge in [0.2, 0.25) is 5.92 Å². The van der Waals surface area contributed by atoms with Gasteiger partial charge in [-0.25, -0.2) is 8.78 Å². The Labute approximate surface area is 102 Å². The summed E-state index contributed by atoms with van der Waals surface area (Å²) in [5.41, 5.74) is 0. The minimum Gasteiger partial charge on any atom is -0.351 e. The highest BCUT2D eigenvalue weighted by atomic mass is 32.1. The number of nitrogens with zero attached hydrogens (tertiary/aromatic N) is 2. The highest BCUT2D eigenvalue weighted by molar-refractivity contribution is 7.07. The van der Waals surface area contributed by atoms with E-state index in [2.05, 4.69) is 14.9 Å². The van der Waals surface area contributed by atoms with E-state index in [1.807, 2.05) is 0 Å². The van der Waals surface area contributed by atoms with Crippen molar-refractivity contribution < 1.29 is 13.6 Å². The first-order valence-corrected chi connectivity index (χ1v) is 6.27. The molecular weight excluding hydrogens is 248 g/mol. The van der Waals surface area contributed by atoms with Crippen LogP contribution in [0.2, 0.25) is 0 Å². The lowest BCUT2D eigenvalue weighted by molar-refractivity contribution is -0.0517. The van der Waals surface area contributed by atoms with Crippen molar-refractivity contribution in [3.8, 4) is 0 Å². The molecule has 1 aliphatic rings. The van der Waals surface area contributed by atoms with Crippen molar-refractivity contribution in [3.05, 3.63) is 11.1 Å². The maximum atomic E-state index is 13.1. The molecule has 1 N–H and O–H groups in total. The molecule has 1 aromatic rings. The summed E-state index contributed by atoms with van der Waals surface area (Å²) in [4.78, 5) is 12.0. The van der Waals surface area contributed by atoms with Crippen molar-refractivity contribution in [3.63, 3.8) is 0 Å². The van der Waals surface area contributed by atoms with Crippen LogP contribution in [0.5, 0.6) is 0 Å². The van der Waals surface area contributed by atoms with Gasteiger partial charge in [0.1, 0.15) is 4.88 Å². The summed E-state index contributed by atoms with van der Waals surface area (Å²) in [6.45, 7) is 0.298. The maximum Gasteiger partial charge on any atom is 0.264 e. The molecule has 1 aliphatic carbocycles. The van der Waals surface area contributed by atoms with Crippen LogP contribution in [0.25, 0.3) is 0 Å². The second kappa shape index (κ2) is 5.03. The van der Waals surface area contributed by atoms with Crippen molar-refractivity contribution in [2.75, 3.05) is 6.54 Å². The minimum absolute atomic E-state index is 0.0315. The molecule has 0 bridgehead atoms. The molecule has 1 unspecified atom stereocenters. The Balaban J connectivity index is 1.80. The molecule has 1 saturated carbocycles. The number of nitrogens with one attached hydrogen (secondary N) is 1. The van der Waals surface area contributed by atoms with E-state index in [9.17, 15) is 13.6 Å². The number of alkyl halides is 2. The van der Waals surface area contributed by atoms with Crippen LogP contribution in [0.4, 0.5) is 8.78 Å². The zero-order valence-electron chi connectivity index (χ0n) is 9.16. The van der Waals surface area contributed by atoms with Gasteiger partial charge in [-0.3, -0.25) is 4.79 Å². The summed E-state index contributed by atoms with van der Waals surface area (Å²) >= 11 is 0.996. The molecule has 1 aromatic heterocycles. The second-order valence-electron chi connectivity index (χ2n) is 4.31. The molecule has 17 heavy (non-hydrogen) atoms. The van der Waals surface area contributed by atoms with Gasteiger partial charge in [-0.2, -0.15) is 0 Å². The standard InChI is InChI=1S/C10H13F2N3OS/c11-10(12)3-1-2-7(4-10)5-13-9(16)8-6-14-15-17-8/h6-7H,1-5H2,(H,13,16). The fourth-order valence-corrected chi connectivity index (χ4v) is 2.47. The number of hydrogen-bond donors (Lipinski definition) is 1. The van der Waals surface area contributed by atoms with Crippen LogP contribution in [0.3, 0.4) is 0 Å². The van der Waals surface area contributed by atoms with Crippen molar-refractivity contribution in [2.45, 2.75) is 31.6 Å². The summed E-state index contributed by atoms with van der Waals surface area (Å²) in [5.74, 6) is -2.99. The van der Waals surface area contributed by atoms with E-state index in [1.54, 1.807) is 0 Å². The predicted molar refractivity (Wildman–Crippen MR) is 59.1 cm³/mol. The topological polar surface area (TPSA) is 54.9 Å². The first-order chi connectivity index (χ1) is 8.07. The average molecular weight is 261 g/mol. The number of amides is 1. The molecule has 0 saturated heterocycles. The van der Waals surface area contributed by atoms with Crippen LogP contribution in [0.15, 0.2) is 6.20 Å². The maximum absolute atomic E-state index is 13.1. The van der Waals surface area contributed by atoms with Crippen LogP contribution in [-0.4, -0.2) is 28.0 Å². The minimum atomic E-state index is -2.57. The van der Waals surface area contributed by atoms with E-state index in [4.69, 9.17) is 0 Å². The summed E-state index contributed by atoms with van der Waals surface area (Å²) in [6.07, 6.45) is 2.48. The van der Waals surface area contributed by atoms with E-state index < -0.39 is 5.92 Å². The van der Waals surface area contributed by atoms with E-state index in [-0.39, 0.29) is 24.7 Å². The van der Waals surface area contributed by atoms with Gasteiger partial charge in [0.25, 0.3) is 5.91 Å². The molecule has 0 spiro atoms. The second-order valence-corrected chi connectivity index (χ2v) is 5.10. The van der Waals surface area contributed by atoms with Gasteiger partial charge in [-0.05, 0) is 30.3 Å². The van der Waals surface area contributed by atoms with Crippen LogP contribution < -0.4 is 5.32 Å². The fraction of sp³-hybridized carbons (Fsp3) is 0.700. The number of hydrogen-bond acceptors (Lipinski definition) is 4. The first-order valence-electron chi connectivity index (χ1n) is 5.50. The Morgan fingerprint density at radius 3 is 3.12 bits per heavy atom. The Bertz CT molecular complexity index is 383. The Morgan fingerprint density at radius 2 is 2.47 bits per heavy atom. The Kier molecular flexibility index (Phi) is 3.66. The Morgan fingerprint density at radius 1 is 1.65 bits per heavy atom. The van der Waals surface area contributed by atoms with Gasteiger partial charge >= 0.3 is 0 Å². The molecule has 4 nitrogen and oxygen atoms in total. The average Bonchev–Trinajstić information content (AvgIpc) is 2.78. The highest BCUT2D eigenvalue weighted by Gasteiger charge is 2.36. The van der Waals surface area contributed by atoms with E-state index in [0.717, 1.165) is 18.0 Å². The van der Waals surface area contributed by atoms with Gasteiger partial charge in [-0.1, -0.05) is 4.49 Å². The molecule has 1 heterocycles. The monoisotopic (exact) mass is 261 g/mol. The lowest BCUT2D eigenvalue weighted by Gasteiger charge is -2.28. The van der Waals surface area contributed by atoms with Gasteiger partial charge in [-0.15, -0.1) is 5.10 Å². The highest BCUT2D eigenvalue weighted by Crippen LogP contribution is 2.36. The van der Waals surface area contributed by atoms with Crippen LogP contribution >= 0.6 is 11.5 Å². The number of rotatable bonds is 3. The van der Waals surface area contributed by atoms with Gasteiger partial charge in [0.05, 0.1) is 6.20 Å². The molecule has 7 heteroatoms. The lowest BCUT2D eigenvalue weighted by Crippen LogP contribution is -2.35. The van der Waals surface area contributed by atoms with Crippen molar-refractivity contribution >= 4 is 17.4 Å². The molecule has 0 aromatic carbocycles. The summed E-state index contributed by atoms with van der Waals surface area (Å²) in [6, 6.07) is 0. The third-order valence-corrected chi connectivity index (χ3v) is 3.54. The largest absolute Gasteiger partial charge is 0.351 e.